The van der Waals surface area contributed by atoms with Crippen LogP contribution in [0.2, 0.25) is 0 Å². The van der Waals surface area contributed by atoms with E-state index in [1.165, 1.54) is 22.7 Å². The van der Waals surface area contributed by atoms with Crippen LogP contribution in [0.1, 0.15) is 53.2 Å². The molecule has 1 aliphatic heterocycles. The van der Waals surface area contributed by atoms with Crippen molar-refractivity contribution in [1.82, 2.24) is 19.9 Å². The van der Waals surface area contributed by atoms with E-state index in [9.17, 15) is 4.79 Å². The summed E-state index contributed by atoms with van der Waals surface area (Å²) >= 11 is 2.88. The number of rotatable bonds is 5. The molecule has 3 aromatic rings. The van der Waals surface area contributed by atoms with Gasteiger partial charge in [-0.05, 0) is 33.3 Å². The van der Waals surface area contributed by atoms with Crippen LogP contribution in [0.15, 0.2) is 5.38 Å². The molecule has 0 aliphatic carbocycles. The van der Waals surface area contributed by atoms with E-state index in [1.54, 1.807) is 0 Å². The van der Waals surface area contributed by atoms with Gasteiger partial charge >= 0.3 is 0 Å². The van der Waals surface area contributed by atoms with Gasteiger partial charge in [0, 0.05) is 42.5 Å². The van der Waals surface area contributed by atoms with E-state index in [4.69, 9.17) is 4.74 Å². The van der Waals surface area contributed by atoms with Gasteiger partial charge in [-0.15, -0.1) is 22.7 Å². The number of aromatic nitrogens is 3. The highest BCUT2D eigenvalue weighted by molar-refractivity contribution is 7.21. The number of thiophene rings is 1. The Bertz CT molecular complexity index is 1070. The summed E-state index contributed by atoms with van der Waals surface area (Å²) in [5.41, 5.74) is 2.83. The highest BCUT2D eigenvalue weighted by Crippen LogP contribution is 2.32. The Morgan fingerprint density at radius 2 is 1.97 bits per heavy atom. The van der Waals surface area contributed by atoms with Crippen LogP contribution >= 0.6 is 22.7 Å². The van der Waals surface area contributed by atoms with E-state index in [-0.39, 0.29) is 18.1 Å². The van der Waals surface area contributed by atoms with Crippen molar-refractivity contribution in [2.45, 2.75) is 59.8 Å². The molecule has 1 amide bonds. The monoisotopic (exact) mass is 445 g/mol. The SMILES string of the molecule is CCc1nc(C)c2c(C)c(C(=O)Nc3nc(CN4C[C@@H](C)O[C@H](C)C4)cs3)sc2n1. The van der Waals surface area contributed by atoms with Gasteiger partial charge in [0.15, 0.2) is 5.13 Å². The summed E-state index contributed by atoms with van der Waals surface area (Å²) in [5.74, 6) is 0.673. The fraction of sp³-hybridized carbons (Fsp3) is 0.524. The van der Waals surface area contributed by atoms with Gasteiger partial charge < -0.3 is 4.74 Å². The van der Waals surface area contributed by atoms with Crippen molar-refractivity contribution in [3.8, 4) is 0 Å². The average molecular weight is 446 g/mol. The van der Waals surface area contributed by atoms with Gasteiger partial charge in [-0.2, -0.15) is 0 Å². The third kappa shape index (κ3) is 4.39. The summed E-state index contributed by atoms with van der Waals surface area (Å²) in [5, 5.41) is 6.59. The predicted molar refractivity (Wildman–Crippen MR) is 122 cm³/mol. The average Bonchev–Trinajstić information content (AvgIpc) is 3.24. The van der Waals surface area contributed by atoms with Crippen LogP contribution < -0.4 is 5.32 Å². The maximum Gasteiger partial charge on any atom is 0.267 e. The molecular weight excluding hydrogens is 418 g/mol. The lowest BCUT2D eigenvalue weighted by Crippen LogP contribution is -2.44. The first-order valence-electron chi connectivity index (χ1n) is 10.2. The number of anilines is 1. The maximum atomic E-state index is 12.9. The van der Waals surface area contributed by atoms with Crippen LogP contribution in [0.5, 0.6) is 0 Å². The van der Waals surface area contributed by atoms with E-state index in [0.29, 0.717) is 10.0 Å². The number of thiazole rings is 1. The van der Waals surface area contributed by atoms with Crippen LogP contribution in [0, 0.1) is 13.8 Å². The summed E-state index contributed by atoms with van der Waals surface area (Å²) in [4.78, 5) is 30.6. The molecule has 4 rings (SSSR count). The predicted octanol–water partition coefficient (Wildman–Crippen LogP) is 4.19. The Labute approximate surface area is 184 Å². The number of morpholine rings is 1. The number of carbonyl (C=O) groups excluding carboxylic acids is 1. The normalized spacial score (nSPS) is 20.0. The van der Waals surface area contributed by atoms with E-state index < -0.39 is 0 Å². The summed E-state index contributed by atoms with van der Waals surface area (Å²) < 4.78 is 5.80. The van der Waals surface area contributed by atoms with Crippen molar-refractivity contribution < 1.29 is 9.53 Å². The number of hydrogen-bond acceptors (Lipinski definition) is 8. The van der Waals surface area contributed by atoms with E-state index in [0.717, 1.165) is 59.0 Å². The molecule has 9 heteroatoms. The van der Waals surface area contributed by atoms with E-state index in [1.807, 2.05) is 26.2 Å². The molecule has 0 saturated carbocycles. The number of carbonyl (C=O) groups is 1. The Morgan fingerprint density at radius 3 is 2.67 bits per heavy atom. The number of amides is 1. The van der Waals surface area contributed by atoms with Crippen LogP contribution in [0.4, 0.5) is 5.13 Å². The van der Waals surface area contributed by atoms with Gasteiger partial charge in [0.1, 0.15) is 10.7 Å². The second kappa shape index (κ2) is 8.66. The Morgan fingerprint density at radius 1 is 1.23 bits per heavy atom. The minimum atomic E-state index is -0.137. The maximum absolute atomic E-state index is 12.9. The highest BCUT2D eigenvalue weighted by atomic mass is 32.1. The largest absolute Gasteiger partial charge is 0.373 e. The minimum Gasteiger partial charge on any atom is -0.373 e. The van der Waals surface area contributed by atoms with Crippen LogP contribution in [-0.4, -0.2) is 51.1 Å². The molecule has 1 aliphatic rings. The van der Waals surface area contributed by atoms with Gasteiger partial charge in [0.25, 0.3) is 5.91 Å². The zero-order valence-electron chi connectivity index (χ0n) is 18.0. The lowest BCUT2D eigenvalue weighted by atomic mass is 10.1. The molecule has 2 atom stereocenters. The van der Waals surface area contributed by atoms with Crippen LogP contribution in [0.3, 0.4) is 0 Å². The molecule has 1 fully saturated rings. The number of nitrogens with zero attached hydrogens (tertiary/aromatic N) is 4. The molecule has 3 aromatic heterocycles. The summed E-state index contributed by atoms with van der Waals surface area (Å²) in [6.07, 6.45) is 1.22. The molecule has 1 N–H and O–H groups in total. The number of ether oxygens (including phenoxy) is 1. The quantitative estimate of drug-likeness (QED) is 0.634. The van der Waals surface area contributed by atoms with Gasteiger partial charge in [0.05, 0.1) is 22.8 Å². The molecule has 160 valence electrons. The Kier molecular flexibility index (Phi) is 6.15. The van der Waals surface area contributed by atoms with Crippen LogP contribution in [-0.2, 0) is 17.7 Å². The first-order valence-corrected chi connectivity index (χ1v) is 11.9. The minimum absolute atomic E-state index is 0.137. The molecule has 0 aromatic carbocycles. The smallest absolute Gasteiger partial charge is 0.267 e. The highest BCUT2D eigenvalue weighted by Gasteiger charge is 2.23. The molecule has 0 bridgehead atoms. The number of aryl methyl sites for hydroxylation is 3. The third-order valence-corrected chi connectivity index (χ3v) is 7.18. The zero-order chi connectivity index (χ0) is 21.4. The fourth-order valence-electron chi connectivity index (χ4n) is 4.00. The van der Waals surface area contributed by atoms with E-state index >= 15 is 0 Å². The lowest BCUT2D eigenvalue weighted by Gasteiger charge is -2.34. The van der Waals surface area contributed by atoms with Crippen molar-refractivity contribution in [2.75, 3.05) is 18.4 Å². The van der Waals surface area contributed by atoms with Crippen molar-refractivity contribution in [1.29, 1.82) is 0 Å². The Balaban J connectivity index is 1.48. The molecule has 4 heterocycles. The summed E-state index contributed by atoms with van der Waals surface area (Å²) in [6, 6.07) is 0. The van der Waals surface area contributed by atoms with E-state index in [2.05, 4.69) is 39.0 Å². The zero-order valence-corrected chi connectivity index (χ0v) is 19.6. The van der Waals surface area contributed by atoms with Crippen molar-refractivity contribution in [3.05, 3.63) is 33.0 Å². The standard InChI is InChI=1S/C21H27N5O2S2/c1-6-16-22-14(5)17-13(4)18(30-20(17)24-16)19(27)25-21-23-15(10-29-21)9-26-7-11(2)28-12(3)8-26/h10-12H,6-9H2,1-5H3,(H,23,25,27)/t11-,12-/m1/s1. The molecular formula is C21H27N5O2S2. The number of fused-ring (bicyclic) bond motifs is 1. The molecule has 7 nitrogen and oxygen atoms in total. The topological polar surface area (TPSA) is 80.2 Å². The first-order chi connectivity index (χ1) is 14.3. The lowest BCUT2D eigenvalue weighted by molar-refractivity contribution is -0.0707. The van der Waals surface area contributed by atoms with Gasteiger partial charge in [0.2, 0.25) is 0 Å². The summed E-state index contributed by atoms with van der Waals surface area (Å²) in [7, 11) is 0. The van der Waals surface area contributed by atoms with Gasteiger partial charge in [-0.3, -0.25) is 15.0 Å². The Hall–Kier alpha value is -1.94. The second-order valence-electron chi connectivity index (χ2n) is 7.86. The fourth-order valence-corrected chi connectivity index (χ4v) is 5.85. The molecule has 0 spiro atoms. The number of hydrogen-bond donors (Lipinski definition) is 1. The number of nitrogens with one attached hydrogen (secondary N) is 1. The van der Waals surface area contributed by atoms with Crippen LogP contribution in [0.25, 0.3) is 10.2 Å². The molecule has 0 radical (unpaired) electrons. The van der Waals surface area contributed by atoms with Crippen molar-refractivity contribution in [2.24, 2.45) is 0 Å². The first kappa shape index (κ1) is 21.3. The van der Waals surface area contributed by atoms with Crippen molar-refractivity contribution in [3.63, 3.8) is 0 Å². The molecule has 30 heavy (non-hydrogen) atoms. The van der Waals surface area contributed by atoms with Gasteiger partial charge in [-0.1, -0.05) is 6.92 Å². The molecule has 0 unspecified atom stereocenters. The second-order valence-corrected chi connectivity index (χ2v) is 9.72. The van der Waals surface area contributed by atoms with Gasteiger partial charge in [-0.25, -0.2) is 15.0 Å². The summed E-state index contributed by atoms with van der Waals surface area (Å²) in [6.45, 7) is 12.7. The third-order valence-electron chi connectivity index (χ3n) is 5.19. The van der Waals surface area contributed by atoms with Crippen molar-refractivity contribution >= 4 is 43.9 Å². The molecule has 1 saturated heterocycles.